The molecule has 0 spiro atoms. The summed E-state index contributed by atoms with van der Waals surface area (Å²) in [6.07, 6.45) is 0.0731. The second kappa shape index (κ2) is 7.64. The molecule has 0 aliphatic carbocycles. The van der Waals surface area contributed by atoms with Crippen molar-refractivity contribution >= 4 is 11.9 Å². The molecule has 0 heterocycles. The number of carboxylic acid groups (broad SMARTS) is 1. The number of amides is 1. The molecule has 0 fully saturated rings. The Hall–Kier alpha value is -2.82. The van der Waals surface area contributed by atoms with Crippen molar-refractivity contribution in [3.63, 3.8) is 0 Å². The van der Waals surface area contributed by atoms with E-state index >= 15 is 0 Å². The zero-order valence-corrected chi connectivity index (χ0v) is 13.9. The molecule has 0 radical (unpaired) electrons. The van der Waals surface area contributed by atoms with Gasteiger partial charge in [-0.3, -0.25) is 4.79 Å². The van der Waals surface area contributed by atoms with Crippen molar-refractivity contribution in [2.24, 2.45) is 0 Å². The fourth-order valence-electron chi connectivity index (χ4n) is 2.29. The van der Waals surface area contributed by atoms with Crippen LogP contribution >= 0.6 is 0 Å². The van der Waals surface area contributed by atoms with Crippen molar-refractivity contribution in [1.29, 1.82) is 0 Å². The predicted molar refractivity (Wildman–Crippen MR) is 91.5 cm³/mol. The first kappa shape index (κ1) is 17.5. The van der Waals surface area contributed by atoms with E-state index in [0.717, 1.165) is 11.3 Å². The molecule has 0 bridgehead atoms. The summed E-state index contributed by atoms with van der Waals surface area (Å²) in [5, 5.41) is 11.9. The van der Waals surface area contributed by atoms with Crippen LogP contribution in [0.4, 0.5) is 0 Å². The first-order chi connectivity index (χ1) is 11.4. The van der Waals surface area contributed by atoms with Crippen LogP contribution in [0.5, 0.6) is 5.75 Å². The van der Waals surface area contributed by atoms with Crippen LogP contribution < -0.4 is 10.1 Å². The zero-order chi connectivity index (χ0) is 17.7. The van der Waals surface area contributed by atoms with E-state index in [-0.39, 0.29) is 23.6 Å². The molecule has 2 aromatic carbocycles. The normalized spacial score (nSPS) is 11.8. The summed E-state index contributed by atoms with van der Waals surface area (Å²) in [6, 6.07) is 13.3. The topological polar surface area (TPSA) is 75.6 Å². The minimum Gasteiger partial charge on any atom is -0.491 e. The van der Waals surface area contributed by atoms with E-state index in [1.807, 2.05) is 45.0 Å². The molecule has 5 nitrogen and oxygen atoms in total. The van der Waals surface area contributed by atoms with Crippen molar-refractivity contribution in [3.8, 4) is 5.75 Å². The first-order valence-corrected chi connectivity index (χ1v) is 7.77. The fraction of sp³-hybridized carbons (Fsp3) is 0.263. The third-order valence-electron chi connectivity index (χ3n) is 3.45. The van der Waals surface area contributed by atoms with Gasteiger partial charge in [0.1, 0.15) is 5.75 Å². The second-order valence-electron chi connectivity index (χ2n) is 5.82. The van der Waals surface area contributed by atoms with Crippen molar-refractivity contribution < 1.29 is 19.4 Å². The molecule has 0 aromatic heterocycles. The van der Waals surface area contributed by atoms with Gasteiger partial charge in [-0.2, -0.15) is 0 Å². The number of aromatic carboxylic acids is 1. The molecule has 5 heteroatoms. The number of carboxylic acids is 1. The van der Waals surface area contributed by atoms with Gasteiger partial charge in [0.15, 0.2) is 0 Å². The van der Waals surface area contributed by atoms with Crippen LogP contribution in [-0.2, 0) is 0 Å². The lowest BCUT2D eigenvalue weighted by atomic mass is 10.1. The summed E-state index contributed by atoms with van der Waals surface area (Å²) in [7, 11) is 0. The molecule has 24 heavy (non-hydrogen) atoms. The van der Waals surface area contributed by atoms with E-state index in [1.165, 1.54) is 12.1 Å². The molecular weight excluding hydrogens is 306 g/mol. The highest BCUT2D eigenvalue weighted by atomic mass is 16.5. The van der Waals surface area contributed by atoms with E-state index in [4.69, 9.17) is 9.84 Å². The third kappa shape index (κ3) is 4.59. The highest BCUT2D eigenvalue weighted by molar-refractivity contribution is 5.97. The van der Waals surface area contributed by atoms with Gasteiger partial charge in [0.25, 0.3) is 5.91 Å². The van der Waals surface area contributed by atoms with Crippen LogP contribution in [0, 0.1) is 0 Å². The third-order valence-corrected chi connectivity index (χ3v) is 3.45. The number of carbonyl (C=O) groups excluding carboxylic acids is 1. The largest absolute Gasteiger partial charge is 0.491 e. The Labute approximate surface area is 141 Å². The molecule has 2 rings (SSSR count). The maximum absolute atomic E-state index is 12.3. The standard InChI is InChI=1S/C19H21NO4/c1-12(2)24-17-9-5-6-14(11-17)13(3)20-18(21)15-7-4-8-16(10-15)19(22)23/h4-13H,1-3H3,(H,20,21)(H,22,23). The van der Waals surface area contributed by atoms with Crippen molar-refractivity contribution in [3.05, 3.63) is 65.2 Å². The highest BCUT2D eigenvalue weighted by Gasteiger charge is 2.14. The van der Waals surface area contributed by atoms with Crippen LogP contribution in [0.1, 0.15) is 53.1 Å². The molecule has 0 saturated heterocycles. The number of benzene rings is 2. The average molecular weight is 327 g/mol. The van der Waals surface area contributed by atoms with E-state index < -0.39 is 5.97 Å². The highest BCUT2D eigenvalue weighted by Crippen LogP contribution is 2.20. The average Bonchev–Trinajstić information content (AvgIpc) is 2.54. The predicted octanol–water partition coefficient (Wildman–Crippen LogP) is 3.66. The molecule has 0 aliphatic heterocycles. The van der Waals surface area contributed by atoms with E-state index in [2.05, 4.69) is 5.32 Å². The lowest BCUT2D eigenvalue weighted by Crippen LogP contribution is -2.26. The van der Waals surface area contributed by atoms with Crippen LogP contribution in [0.2, 0.25) is 0 Å². The lowest BCUT2D eigenvalue weighted by molar-refractivity contribution is 0.0697. The Morgan fingerprint density at radius 1 is 1.00 bits per heavy atom. The van der Waals surface area contributed by atoms with Crippen LogP contribution in [0.15, 0.2) is 48.5 Å². The van der Waals surface area contributed by atoms with Gasteiger partial charge in [0.05, 0.1) is 17.7 Å². The Morgan fingerprint density at radius 3 is 2.33 bits per heavy atom. The molecule has 2 N–H and O–H groups in total. The Balaban J connectivity index is 2.11. The number of hydrogen-bond acceptors (Lipinski definition) is 3. The first-order valence-electron chi connectivity index (χ1n) is 7.77. The molecule has 0 aliphatic rings. The maximum Gasteiger partial charge on any atom is 0.335 e. The smallest absolute Gasteiger partial charge is 0.335 e. The van der Waals surface area contributed by atoms with Gasteiger partial charge in [0.2, 0.25) is 0 Å². The molecule has 126 valence electrons. The fourth-order valence-corrected chi connectivity index (χ4v) is 2.29. The van der Waals surface area contributed by atoms with Crippen molar-refractivity contribution in [1.82, 2.24) is 5.32 Å². The maximum atomic E-state index is 12.3. The number of carbonyl (C=O) groups is 2. The Kier molecular flexibility index (Phi) is 5.58. The van der Waals surface area contributed by atoms with Crippen LogP contribution in [0.3, 0.4) is 0 Å². The molecule has 1 atom stereocenters. The number of ether oxygens (including phenoxy) is 1. The SMILES string of the molecule is CC(C)Oc1cccc(C(C)NC(=O)c2cccc(C(=O)O)c2)c1. The lowest BCUT2D eigenvalue weighted by Gasteiger charge is -2.17. The van der Waals surface area contributed by atoms with Crippen LogP contribution in [0.25, 0.3) is 0 Å². The molecule has 1 amide bonds. The number of hydrogen-bond donors (Lipinski definition) is 2. The molecule has 0 saturated carbocycles. The van der Waals surface area contributed by atoms with Crippen LogP contribution in [-0.4, -0.2) is 23.1 Å². The Bertz CT molecular complexity index is 740. The summed E-state index contributed by atoms with van der Waals surface area (Å²) in [5.41, 5.74) is 1.31. The van der Waals surface area contributed by atoms with Gasteiger partial charge in [-0.25, -0.2) is 4.79 Å². The quantitative estimate of drug-likeness (QED) is 0.849. The van der Waals surface area contributed by atoms with Crippen molar-refractivity contribution in [2.45, 2.75) is 32.9 Å². The summed E-state index contributed by atoms with van der Waals surface area (Å²) >= 11 is 0. The van der Waals surface area contributed by atoms with Gasteiger partial charge in [-0.1, -0.05) is 18.2 Å². The summed E-state index contributed by atoms with van der Waals surface area (Å²) in [6.45, 7) is 5.77. The van der Waals surface area contributed by atoms with Gasteiger partial charge < -0.3 is 15.2 Å². The number of nitrogens with one attached hydrogen (secondary N) is 1. The van der Waals surface area contributed by atoms with Gasteiger partial charge in [0, 0.05) is 5.56 Å². The second-order valence-corrected chi connectivity index (χ2v) is 5.82. The summed E-state index contributed by atoms with van der Waals surface area (Å²) < 4.78 is 5.66. The van der Waals surface area contributed by atoms with Crippen molar-refractivity contribution in [2.75, 3.05) is 0 Å². The minimum atomic E-state index is -1.06. The van der Waals surface area contributed by atoms with E-state index in [0.29, 0.717) is 5.56 Å². The van der Waals surface area contributed by atoms with Gasteiger partial charge >= 0.3 is 5.97 Å². The Morgan fingerprint density at radius 2 is 1.67 bits per heavy atom. The molecule has 1 unspecified atom stereocenters. The summed E-state index contributed by atoms with van der Waals surface area (Å²) in [4.78, 5) is 23.3. The summed E-state index contributed by atoms with van der Waals surface area (Å²) in [5.74, 6) is -0.631. The van der Waals surface area contributed by atoms with Gasteiger partial charge in [-0.05, 0) is 56.7 Å². The zero-order valence-electron chi connectivity index (χ0n) is 13.9. The monoisotopic (exact) mass is 327 g/mol. The minimum absolute atomic E-state index is 0.0731. The van der Waals surface area contributed by atoms with E-state index in [1.54, 1.807) is 12.1 Å². The molecule has 2 aromatic rings. The molecular formula is C19H21NO4. The van der Waals surface area contributed by atoms with Gasteiger partial charge in [-0.15, -0.1) is 0 Å². The number of rotatable bonds is 6. The van der Waals surface area contributed by atoms with E-state index in [9.17, 15) is 9.59 Å².